The second kappa shape index (κ2) is 8.63. The summed E-state index contributed by atoms with van der Waals surface area (Å²) in [7, 11) is 0. The van der Waals surface area contributed by atoms with Gasteiger partial charge < -0.3 is 10.1 Å². The summed E-state index contributed by atoms with van der Waals surface area (Å²) in [4.78, 5) is 18.5. The Kier molecular flexibility index (Phi) is 4.97. The highest BCUT2D eigenvalue weighted by molar-refractivity contribution is 5.82. The van der Waals surface area contributed by atoms with Gasteiger partial charge in [0.1, 0.15) is 5.52 Å². The van der Waals surface area contributed by atoms with Crippen LogP contribution in [-0.4, -0.2) is 40.7 Å². The average molecular weight is 504 g/mol. The van der Waals surface area contributed by atoms with Crippen molar-refractivity contribution >= 4 is 28.3 Å². The number of ether oxygens (including phenoxy) is 1. The predicted molar refractivity (Wildman–Crippen MR) is 136 cm³/mol. The molecule has 7 rings (SSSR count). The van der Waals surface area contributed by atoms with E-state index in [2.05, 4.69) is 26.5 Å². The molecule has 38 heavy (non-hydrogen) atoms. The Morgan fingerprint density at radius 1 is 1.11 bits per heavy atom. The molecule has 10 nitrogen and oxygen atoms in total. The van der Waals surface area contributed by atoms with Crippen molar-refractivity contribution in [3.8, 4) is 23.2 Å². The first-order chi connectivity index (χ1) is 18.7. The van der Waals surface area contributed by atoms with Gasteiger partial charge in [-0.2, -0.15) is 10.4 Å². The summed E-state index contributed by atoms with van der Waals surface area (Å²) in [5, 5.41) is 17.1. The molecule has 1 unspecified atom stereocenters. The van der Waals surface area contributed by atoms with Gasteiger partial charge in [0.2, 0.25) is 5.95 Å². The highest BCUT2D eigenvalue weighted by Gasteiger charge is 2.30. The lowest BCUT2D eigenvalue weighted by Crippen LogP contribution is -2.22. The summed E-state index contributed by atoms with van der Waals surface area (Å²) in [6, 6.07) is 13.9. The average Bonchev–Trinajstić information content (AvgIpc) is 3.53. The number of fused-ring (bicyclic) bond motifs is 3. The van der Waals surface area contributed by atoms with Gasteiger partial charge in [-0.25, -0.2) is 23.9 Å². The molecule has 11 heteroatoms. The SMILES string of the molecule is N#Cc1ccn2ncc(-c3ncc4nc(Nc5cccnc5)n(C5CCOc6c(F)cccc65)c4n3)c2c1. The van der Waals surface area contributed by atoms with E-state index in [0.29, 0.717) is 58.2 Å². The van der Waals surface area contributed by atoms with Crippen LogP contribution in [0.25, 0.3) is 28.1 Å². The zero-order chi connectivity index (χ0) is 25.6. The number of nitrogens with zero attached hydrogens (tertiary/aromatic N) is 8. The number of rotatable bonds is 4. The van der Waals surface area contributed by atoms with E-state index in [1.165, 1.54) is 6.07 Å². The van der Waals surface area contributed by atoms with E-state index in [9.17, 15) is 9.65 Å². The van der Waals surface area contributed by atoms with Gasteiger partial charge in [0, 0.05) is 24.4 Å². The lowest BCUT2D eigenvalue weighted by Gasteiger charge is -2.28. The quantitative estimate of drug-likeness (QED) is 0.369. The van der Waals surface area contributed by atoms with Crippen LogP contribution >= 0.6 is 0 Å². The molecule has 0 radical (unpaired) electrons. The number of hydrogen-bond donors (Lipinski definition) is 1. The van der Waals surface area contributed by atoms with E-state index in [-0.39, 0.29) is 11.8 Å². The Hall–Kier alpha value is -5.37. The minimum Gasteiger partial charge on any atom is -0.490 e. The first kappa shape index (κ1) is 21.9. The Morgan fingerprint density at radius 3 is 2.92 bits per heavy atom. The molecule has 1 atom stereocenters. The Bertz CT molecular complexity index is 1870. The molecule has 0 aliphatic carbocycles. The molecule has 0 saturated heterocycles. The van der Waals surface area contributed by atoms with Gasteiger partial charge in [-0.3, -0.25) is 9.55 Å². The predicted octanol–water partition coefficient (Wildman–Crippen LogP) is 4.66. The van der Waals surface area contributed by atoms with Crippen LogP contribution < -0.4 is 10.1 Å². The number of anilines is 2. The summed E-state index contributed by atoms with van der Waals surface area (Å²) in [5.41, 5.74) is 4.49. The minimum atomic E-state index is -0.409. The van der Waals surface area contributed by atoms with Crippen molar-refractivity contribution in [1.82, 2.24) is 34.1 Å². The van der Waals surface area contributed by atoms with Crippen molar-refractivity contribution in [2.75, 3.05) is 11.9 Å². The molecule has 0 fully saturated rings. The maximum absolute atomic E-state index is 14.7. The molecule has 1 aliphatic rings. The van der Waals surface area contributed by atoms with Crippen LogP contribution in [-0.2, 0) is 0 Å². The summed E-state index contributed by atoms with van der Waals surface area (Å²) in [6.07, 6.45) is 9.04. The molecule has 6 heterocycles. The van der Waals surface area contributed by atoms with Gasteiger partial charge in [0.25, 0.3) is 0 Å². The number of hydrogen-bond acceptors (Lipinski definition) is 8. The van der Waals surface area contributed by atoms with Crippen LogP contribution in [0.5, 0.6) is 5.75 Å². The summed E-state index contributed by atoms with van der Waals surface area (Å²) < 4.78 is 24.0. The Morgan fingerprint density at radius 2 is 2.05 bits per heavy atom. The van der Waals surface area contributed by atoms with Crippen molar-refractivity contribution in [1.29, 1.82) is 5.26 Å². The maximum atomic E-state index is 14.7. The highest BCUT2D eigenvalue weighted by Crippen LogP contribution is 2.40. The van der Waals surface area contributed by atoms with Gasteiger partial charge in [-0.05, 0) is 30.3 Å². The van der Waals surface area contributed by atoms with Crippen LogP contribution in [0.3, 0.4) is 0 Å². The van der Waals surface area contributed by atoms with E-state index in [1.54, 1.807) is 53.7 Å². The van der Waals surface area contributed by atoms with Crippen molar-refractivity contribution in [2.45, 2.75) is 12.5 Å². The highest BCUT2D eigenvalue weighted by atomic mass is 19.1. The van der Waals surface area contributed by atoms with E-state index < -0.39 is 5.82 Å². The number of nitriles is 1. The van der Waals surface area contributed by atoms with Crippen LogP contribution in [0.4, 0.5) is 16.0 Å². The minimum absolute atomic E-state index is 0.235. The molecule has 5 aromatic heterocycles. The van der Waals surface area contributed by atoms with Gasteiger partial charge >= 0.3 is 0 Å². The Labute approximate surface area is 215 Å². The zero-order valence-corrected chi connectivity index (χ0v) is 19.8. The smallest absolute Gasteiger partial charge is 0.210 e. The van der Waals surface area contributed by atoms with Gasteiger partial charge in [0.05, 0.1) is 59.6 Å². The van der Waals surface area contributed by atoms with E-state index in [0.717, 1.165) is 5.69 Å². The van der Waals surface area contributed by atoms with Crippen LogP contribution in [0.1, 0.15) is 23.6 Å². The third-order valence-electron chi connectivity index (χ3n) is 6.55. The first-order valence-electron chi connectivity index (χ1n) is 11.9. The molecule has 0 bridgehead atoms. The van der Waals surface area contributed by atoms with E-state index in [1.807, 2.05) is 22.8 Å². The molecule has 0 saturated carbocycles. The molecule has 0 amide bonds. The fourth-order valence-electron chi connectivity index (χ4n) is 4.83. The van der Waals surface area contributed by atoms with Crippen LogP contribution in [0.15, 0.2) is 73.4 Å². The fourth-order valence-corrected chi connectivity index (χ4v) is 4.83. The molecule has 1 aromatic carbocycles. The number of pyridine rings is 2. The molecule has 1 N–H and O–H groups in total. The number of para-hydroxylation sites is 1. The monoisotopic (exact) mass is 503 g/mol. The topological polar surface area (TPSA) is 119 Å². The van der Waals surface area contributed by atoms with Gasteiger partial charge in [0.15, 0.2) is 23.0 Å². The summed E-state index contributed by atoms with van der Waals surface area (Å²) in [5.74, 6) is 0.781. The second-order valence-corrected chi connectivity index (χ2v) is 8.80. The van der Waals surface area contributed by atoms with Crippen molar-refractivity contribution in [3.05, 3.63) is 90.4 Å². The number of nitrogens with one attached hydrogen (secondary N) is 1. The van der Waals surface area contributed by atoms with Crippen molar-refractivity contribution < 1.29 is 9.13 Å². The molecular weight excluding hydrogens is 485 g/mol. The molecule has 1 aliphatic heterocycles. The second-order valence-electron chi connectivity index (χ2n) is 8.80. The number of halogens is 1. The number of imidazole rings is 1. The number of aromatic nitrogens is 7. The fraction of sp³-hybridized carbons (Fsp3) is 0.111. The lowest BCUT2D eigenvalue weighted by atomic mass is 10.00. The Balaban J connectivity index is 1.44. The normalized spacial score (nSPS) is 14.7. The zero-order valence-electron chi connectivity index (χ0n) is 19.8. The molecule has 0 spiro atoms. The lowest BCUT2D eigenvalue weighted by molar-refractivity contribution is 0.246. The van der Waals surface area contributed by atoms with E-state index in [4.69, 9.17) is 14.7 Å². The largest absolute Gasteiger partial charge is 0.490 e. The third-order valence-corrected chi connectivity index (χ3v) is 6.55. The van der Waals surface area contributed by atoms with Gasteiger partial charge in [-0.15, -0.1) is 0 Å². The molecule has 6 aromatic rings. The summed E-state index contributed by atoms with van der Waals surface area (Å²) in [6.45, 7) is 0.341. The van der Waals surface area contributed by atoms with Crippen LogP contribution in [0.2, 0.25) is 0 Å². The third kappa shape index (κ3) is 3.50. The number of benzene rings is 1. The van der Waals surface area contributed by atoms with Gasteiger partial charge in [-0.1, -0.05) is 12.1 Å². The first-order valence-corrected chi connectivity index (χ1v) is 11.9. The maximum Gasteiger partial charge on any atom is 0.210 e. The van der Waals surface area contributed by atoms with Crippen molar-refractivity contribution in [3.63, 3.8) is 0 Å². The summed E-state index contributed by atoms with van der Waals surface area (Å²) >= 11 is 0. The molecular formula is C27H18FN9O. The van der Waals surface area contributed by atoms with Crippen molar-refractivity contribution in [2.24, 2.45) is 0 Å². The van der Waals surface area contributed by atoms with Crippen LogP contribution in [0, 0.1) is 17.1 Å². The molecule has 184 valence electrons. The standard InChI is InChI=1S/C27H18FN9O/c28-20-5-1-4-18-22(7-10-38-24(18)20)37-26-21(34-27(37)33-17-3-2-8-30-13-17)15-31-25(35-26)19-14-32-36-9-6-16(12-29)11-23(19)36/h1-6,8-9,11,13-15,22H,7,10H2,(H,33,34). The van der Waals surface area contributed by atoms with E-state index >= 15 is 0 Å².